The predicted molar refractivity (Wildman–Crippen MR) is 135 cm³/mol. The fourth-order valence-corrected chi connectivity index (χ4v) is 10.6. The van der Waals surface area contributed by atoms with Crippen LogP contribution in [0.4, 0.5) is 0 Å². The molecule has 6 heteroatoms. The highest BCUT2D eigenvalue weighted by molar-refractivity contribution is 5.95. The molecule has 5 fully saturated rings. The van der Waals surface area contributed by atoms with E-state index in [0.29, 0.717) is 44.1 Å². The van der Waals surface area contributed by atoms with Crippen molar-refractivity contribution in [1.82, 2.24) is 0 Å². The molecule has 1 saturated heterocycles. The third-order valence-corrected chi connectivity index (χ3v) is 12.6. The van der Waals surface area contributed by atoms with Gasteiger partial charge in [0.1, 0.15) is 6.10 Å². The first-order valence-electron chi connectivity index (χ1n) is 14.6. The Labute approximate surface area is 215 Å². The lowest BCUT2D eigenvalue weighted by atomic mass is 9.40. The Balaban J connectivity index is 1.40. The maximum absolute atomic E-state index is 13.5. The molecule has 2 bridgehead atoms. The molecule has 6 nitrogen and oxygen atoms in total. The molecule has 0 radical (unpaired) electrons. The lowest BCUT2D eigenvalue weighted by Gasteiger charge is -2.65. The summed E-state index contributed by atoms with van der Waals surface area (Å²) in [7, 11) is 0. The molecule has 36 heavy (non-hydrogen) atoms. The van der Waals surface area contributed by atoms with Crippen LogP contribution in [0.15, 0.2) is 11.6 Å². The molecule has 5 aliphatic carbocycles. The standard InChI is InChI=1S/C30H46O6/c1-16-15-36-25(17(16)2)26(33)28(4,34)23-8-11-30(35)21-13-22(32)20-12-19(31)7-10-27(20,3)24(21)18-6-5-9-29(23,30)14-18/h13,16-20,23-26,31,33-35H,5-12,14-15H2,1-4H3/t16-,17+,18-,19-,20-,23+,24-,25-,26+,27-,28-,29+,30+/m0/s1. The van der Waals surface area contributed by atoms with Crippen LogP contribution in [-0.4, -0.2) is 62.3 Å². The van der Waals surface area contributed by atoms with E-state index in [-0.39, 0.29) is 34.9 Å². The largest absolute Gasteiger partial charge is 0.393 e. The molecule has 4 saturated carbocycles. The van der Waals surface area contributed by atoms with E-state index in [1.54, 1.807) is 13.0 Å². The molecule has 202 valence electrons. The molecule has 6 aliphatic rings. The van der Waals surface area contributed by atoms with E-state index in [1.165, 1.54) is 0 Å². The van der Waals surface area contributed by atoms with Gasteiger partial charge in [0, 0.05) is 17.9 Å². The van der Waals surface area contributed by atoms with Crippen LogP contribution >= 0.6 is 0 Å². The first-order chi connectivity index (χ1) is 16.9. The van der Waals surface area contributed by atoms with Gasteiger partial charge in [0.05, 0.1) is 23.4 Å². The van der Waals surface area contributed by atoms with Gasteiger partial charge in [-0.1, -0.05) is 27.2 Å². The Hall–Kier alpha value is -0.790. The second-order valence-corrected chi connectivity index (χ2v) is 14.2. The maximum Gasteiger partial charge on any atom is 0.159 e. The van der Waals surface area contributed by atoms with E-state index in [1.807, 2.05) is 0 Å². The zero-order valence-corrected chi connectivity index (χ0v) is 22.4. The SMILES string of the molecule is C[C@H]1[C@@H]([C@@H](O)[C@@](C)(O)[C@H]2CC[C@@]3(O)C4=CC(=O)[C@@H]5C[C@@H](O)CC[C@]5(C)[C@H]4[C@H]4CCC[C@@]23C4)OC[C@@H]1C. The van der Waals surface area contributed by atoms with Gasteiger partial charge in [-0.25, -0.2) is 0 Å². The number of ether oxygens (including phenoxy) is 1. The normalized spacial score (nSPS) is 54.7. The van der Waals surface area contributed by atoms with Gasteiger partial charge in [-0.2, -0.15) is 0 Å². The number of carbonyl (C=O) groups excluding carboxylic acids is 1. The van der Waals surface area contributed by atoms with E-state index in [9.17, 15) is 25.2 Å². The van der Waals surface area contributed by atoms with Crippen molar-refractivity contribution in [2.75, 3.05) is 6.61 Å². The van der Waals surface area contributed by atoms with Crippen LogP contribution < -0.4 is 0 Å². The summed E-state index contributed by atoms with van der Waals surface area (Å²) in [4.78, 5) is 13.5. The van der Waals surface area contributed by atoms with Gasteiger partial charge >= 0.3 is 0 Å². The Morgan fingerprint density at radius 1 is 1.17 bits per heavy atom. The smallest absolute Gasteiger partial charge is 0.159 e. The van der Waals surface area contributed by atoms with Crippen LogP contribution in [0.25, 0.3) is 0 Å². The number of fused-ring (bicyclic) bond motifs is 6. The van der Waals surface area contributed by atoms with Crippen LogP contribution in [0.2, 0.25) is 0 Å². The molecule has 0 aromatic rings. The van der Waals surface area contributed by atoms with Gasteiger partial charge in [0.25, 0.3) is 0 Å². The highest BCUT2D eigenvalue weighted by Crippen LogP contribution is 2.73. The average Bonchev–Trinajstić information content (AvgIpc) is 3.31. The van der Waals surface area contributed by atoms with Crippen LogP contribution in [0.5, 0.6) is 0 Å². The van der Waals surface area contributed by atoms with Crippen molar-refractivity contribution in [1.29, 1.82) is 0 Å². The van der Waals surface area contributed by atoms with Crippen molar-refractivity contribution in [2.45, 2.75) is 115 Å². The number of rotatable bonds is 3. The van der Waals surface area contributed by atoms with E-state index in [2.05, 4.69) is 20.8 Å². The highest BCUT2D eigenvalue weighted by Gasteiger charge is 2.73. The van der Waals surface area contributed by atoms with Crippen LogP contribution in [0.3, 0.4) is 0 Å². The summed E-state index contributed by atoms with van der Waals surface area (Å²) in [5.41, 5.74) is -2.42. The molecule has 0 unspecified atom stereocenters. The summed E-state index contributed by atoms with van der Waals surface area (Å²) >= 11 is 0. The number of allylic oxidation sites excluding steroid dienone is 1. The molecule has 4 N–H and O–H groups in total. The molecular formula is C30H46O6. The highest BCUT2D eigenvalue weighted by atomic mass is 16.5. The van der Waals surface area contributed by atoms with Crippen molar-refractivity contribution in [3.8, 4) is 0 Å². The Morgan fingerprint density at radius 3 is 2.61 bits per heavy atom. The number of aliphatic hydroxyl groups is 4. The average molecular weight is 503 g/mol. The van der Waals surface area contributed by atoms with Crippen molar-refractivity contribution < 1.29 is 30.0 Å². The summed E-state index contributed by atoms with van der Waals surface area (Å²) in [6, 6.07) is 0. The van der Waals surface area contributed by atoms with Gasteiger partial charge in [-0.3, -0.25) is 4.79 Å². The van der Waals surface area contributed by atoms with Crippen molar-refractivity contribution >= 4 is 5.78 Å². The third kappa shape index (κ3) is 3.11. The van der Waals surface area contributed by atoms with Gasteiger partial charge in [0.2, 0.25) is 0 Å². The summed E-state index contributed by atoms with van der Waals surface area (Å²) in [6.07, 6.45) is 6.77. The summed E-state index contributed by atoms with van der Waals surface area (Å²) < 4.78 is 5.98. The molecule has 6 rings (SSSR count). The number of hydrogen-bond donors (Lipinski definition) is 4. The first-order valence-corrected chi connectivity index (χ1v) is 14.6. The maximum atomic E-state index is 13.5. The minimum Gasteiger partial charge on any atom is -0.393 e. The lowest BCUT2D eigenvalue weighted by Crippen LogP contribution is -2.66. The van der Waals surface area contributed by atoms with Crippen molar-refractivity contribution in [2.24, 2.45) is 46.3 Å². The predicted octanol–water partition coefficient (Wildman–Crippen LogP) is 3.39. The number of hydrogen-bond acceptors (Lipinski definition) is 6. The van der Waals surface area contributed by atoms with Crippen LogP contribution in [0, 0.1) is 46.3 Å². The molecule has 0 aromatic heterocycles. The Morgan fingerprint density at radius 2 is 1.92 bits per heavy atom. The molecule has 1 aliphatic heterocycles. The zero-order chi connectivity index (χ0) is 25.8. The molecule has 13 atom stereocenters. The summed E-state index contributed by atoms with van der Waals surface area (Å²) in [5, 5.41) is 46.6. The fraction of sp³-hybridized carbons (Fsp3) is 0.900. The van der Waals surface area contributed by atoms with E-state index < -0.39 is 34.9 Å². The van der Waals surface area contributed by atoms with Gasteiger partial charge < -0.3 is 25.2 Å². The van der Waals surface area contributed by atoms with Gasteiger partial charge in [-0.05, 0) is 105 Å². The Kier molecular flexibility index (Phi) is 5.74. The monoisotopic (exact) mass is 502 g/mol. The number of ketones is 1. The van der Waals surface area contributed by atoms with Gasteiger partial charge in [-0.15, -0.1) is 0 Å². The topological polar surface area (TPSA) is 107 Å². The van der Waals surface area contributed by atoms with E-state index >= 15 is 0 Å². The number of aliphatic hydroxyl groups excluding tert-OH is 2. The number of carbonyl (C=O) groups is 1. The van der Waals surface area contributed by atoms with Crippen molar-refractivity contribution in [3.63, 3.8) is 0 Å². The van der Waals surface area contributed by atoms with Crippen LogP contribution in [0.1, 0.15) is 85.5 Å². The summed E-state index contributed by atoms with van der Waals surface area (Å²) in [6.45, 7) is 8.79. The molecule has 0 amide bonds. The Bertz CT molecular complexity index is 959. The first kappa shape index (κ1) is 25.5. The van der Waals surface area contributed by atoms with E-state index in [0.717, 1.165) is 37.7 Å². The third-order valence-electron chi connectivity index (χ3n) is 12.6. The summed E-state index contributed by atoms with van der Waals surface area (Å²) in [5.74, 6) is 0.568. The zero-order valence-electron chi connectivity index (χ0n) is 22.4. The quantitative estimate of drug-likeness (QED) is 0.471. The second-order valence-electron chi connectivity index (χ2n) is 14.2. The molecule has 1 heterocycles. The lowest BCUT2D eigenvalue weighted by molar-refractivity contribution is -0.214. The molecular weight excluding hydrogens is 456 g/mol. The molecule has 1 spiro atoms. The van der Waals surface area contributed by atoms with E-state index in [4.69, 9.17) is 4.74 Å². The molecule has 0 aromatic carbocycles. The minimum absolute atomic E-state index is 0.0588. The second kappa shape index (κ2) is 8.11. The minimum atomic E-state index is -1.40. The van der Waals surface area contributed by atoms with Crippen molar-refractivity contribution in [3.05, 3.63) is 11.6 Å². The van der Waals surface area contributed by atoms with Gasteiger partial charge in [0.15, 0.2) is 5.78 Å². The van der Waals surface area contributed by atoms with Crippen LogP contribution in [-0.2, 0) is 9.53 Å². The fourth-order valence-electron chi connectivity index (χ4n) is 10.6.